The summed E-state index contributed by atoms with van der Waals surface area (Å²) in [5.41, 5.74) is 3.98. The first-order valence-electron chi connectivity index (χ1n) is 7.70. The number of rotatable bonds is 4. The Bertz CT molecular complexity index is 812. The monoisotopic (exact) mass is 328 g/mol. The molecular weight excluding hydrogens is 308 g/mol. The van der Waals surface area contributed by atoms with Gasteiger partial charge in [-0.3, -0.25) is 0 Å². The Labute approximate surface area is 137 Å². The molecule has 1 heterocycles. The van der Waals surface area contributed by atoms with Gasteiger partial charge < -0.3 is 0 Å². The first kappa shape index (κ1) is 15.7. The van der Waals surface area contributed by atoms with Crippen molar-refractivity contribution in [1.82, 2.24) is 4.41 Å². The second-order valence-electron chi connectivity index (χ2n) is 5.76. The summed E-state index contributed by atoms with van der Waals surface area (Å²) >= 11 is 0. The second-order valence-corrected chi connectivity index (χ2v) is 7.60. The number of nitrogens with zero attached hydrogens (tertiary/aromatic N) is 2. The summed E-state index contributed by atoms with van der Waals surface area (Å²) in [6.45, 7) is 2.10. The Balaban J connectivity index is 1.97. The number of benzene rings is 2. The highest BCUT2D eigenvalue weighted by Gasteiger charge is 2.34. The van der Waals surface area contributed by atoms with Gasteiger partial charge in [0.1, 0.15) is 0 Å². The minimum absolute atomic E-state index is 0.272. The van der Waals surface area contributed by atoms with Crippen LogP contribution >= 0.6 is 0 Å². The van der Waals surface area contributed by atoms with E-state index in [9.17, 15) is 8.42 Å². The molecule has 0 fully saturated rings. The predicted octanol–water partition coefficient (Wildman–Crippen LogP) is 3.36. The highest BCUT2D eigenvalue weighted by atomic mass is 32.2. The molecule has 1 aliphatic rings. The molecule has 1 aliphatic heterocycles. The van der Waals surface area contributed by atoms with Gasteiger partial charge in [-0.05, 0) is 23.1 Å². The molecule has 0 radical (unpaired) electrons. The normalized spacial score (nSPS) is 18.1. The highest BCUT2D eigenvalue weighted by Crippen LogP contribution is 2.34. The average Bonchev–Trinajstić information content (AvgIpc) is 3.01. The molecule has 0 N–H and O–H groups in total. The van der Waals surface area contributed by atoms with Gasteiger partial charge in [0.2, 0.25) is 10.0 Å². The Morgan fingerprint density at radius 1 is 1.09 bits per heavy atom. The topological polar surface area (TPSA) is 49.7 Å². The summed E-state index contributed by atoms with van der Waals surface area (Å²) < 4.78 is 25.5. The summed E-state index contributed by atoms with van der Waals surface area (Å²) in [5, 5.41) is 4.39. The van der Waals surface area contributed by atoms with Crippen LogP contribution in [0.4, 0.5) is 0 Å². The van der Waals surface area contributed by atoms with Gasteiger partial charge in [-0.1, -0.05) is 61.5 Å². The lowest BCUT2D eigenvalue weighted by atomic mass is 9.98. The zero-order chi connectivity index (χ0) is 16.4. The molecule has 2 aromatic rings. The van der Waals surface area contributed by atoms with E-state index >= 15 is 0 Å². The van der Waals surface area contributed by atoms with Crippen LogP contribution in [0.3, 0.4) is 0 Å². The largest absolute Gasteiger partial charge is 0.247 e. The molecular formula is C18H20N2O2S. The van der Waals surface area contributed by atoms with Crippen LogP contribution in [0.1, 0.15) is 36.1 Å². The molecule has 0 aromatic heterocycles. The van der Waals surface area contributed by atoms with E-state index in [2.05, 4.69) is 24.2 Å². The molecule has 5 heteroatoms. The number of aryl methyl sites for hydroxylation is 1. The minimum atomic E-state index is -3.41. The maximum absolute atomic E-state index is 12.1. The fourth-order valence-electron chi connectivity index (χ4n) is 2.82. The Morgan fingerprint density at radius 3 is 2.30 bits per heavy atom. The van der Waals surface area contributed by atoms with Crippen molar-refractivity contribution < 1.29 is 8.42 Å². The fourth-order valence-corrected chi connectivity index (χ4v) is 3.73. The lowest BCUT2D eigenvalue weighted by Gasteiger charge is -2.21. The molecule has 0 saturated carbocycles. The van der Waals surface area contributed by atoms with Crippen LogP contribution in [0.5, 0.6) is 0 Å². The van der Waals surface area contributed by atoms with Gasteiger partial charge in [0.25, 0.3) is 0 Å². The van der Waals surface area contributed by atoms with E-state index in [1.807, 2.05) is 42.5 Å². The van der Waals surface area contributed by atoms with E-state index in [1.54, 1.807) is 0 Å². The number of sulfonamides is 1. The van der Waals surface area contributed by atoms with Crippen molar-refractivity contribution in [3.05, 3.63) is 71.3 Å². The van der Waals surface area contributed by atoms with Crippen molar-refractivity contribution in [2.24, 2.45) is 5.10 Å². The number of hydrogen-bond donors (Lipinski definition) is 0. The van der Waals surface area contributed by atoms with Gasteiger partial charge in [0.05, 0.1) is 18.0 Å². The SMILES string of the molecule is CCc1ccc(C2CC(c3ccccc3)=NN2S(C)(=O)=O)cc1. The van der Waals surface area contributed by atoms with Gasteiger partial charge in [-0.25, -0.2) is 8.42 Å². The summed E-state index contributed by atoms with van der Waals surface area (Å²) in [5.74, 6) is 0. The molecule has 2 aromatic carbocycles. The Hall–Kier alpha value is -2.14. The Morgan fingerprint density at radius 2 is 1.74 bits per heavy atom. The van der Waals surface area contributed by atoms with Crippen molar-refractivity contribution in [3.63, 3.8) is 0 Å². The quantitative estimate of drug-likeness (QED) is 0.864. The molecule has 0 amide bonds. The van der Waals surface area contributed by atoms with Crippen LogP contribution in [-0.4, -0.2) is 24.8 Å². The third-order valence-electron chi connectivity index (χ3n) is 4.09. The van der Waals surface area contributed by atoms with Crippen molar-refractivity contribution in [2.75, 3.05) is 6.26 Å². The van der Waals surface area contributed by atoms with Crippen molar-refractivity contribution in [2.45, 2.75) is 25.8 Å². The highest BCUT2D eigenvalue weighted by molar-refractivity contribution is 7.88. The van der Waals surface area contributed by atoms with Crippen molar-refractivity contribution in [1.29, 1.82) is 0 Å². The maximum Gasteiger partial charge on any atom is 0.247 e. The molecule has 4 nitrogen and oxygen atoms in total. The van der Waals surface area contributed by atoms with Crippen molar-refractivity contribution in [3.8, 4) is 0 Å². The molecule has 1 atom stereocenters. The summed E-state index contributed by atoms with van der Waals surface area (Å²) in [7, 11) is -3.41. The van der Waals surface area contributed by atoms with E-state index in [0.29, 0.717) is 6.42 Å². The molecule has 0 aliphatic carbocycles. The van der Waals surface area contributed by atoms with E-state index in [0.717, 1.165) is 23.3 Å². The molecule has 3 rings (SSSR count). The smallest absolute Gasteiger partial charge is 0.205 e. The summed E-state index contributed by atoms with van der Waals surface area (Å²) in [4.78, 5) is 0. The van der Waals surface area contributed by atoms with Gasteiger partial charge in [0.15, 0.2) is 0 Å². The van der Waals surface area contributed by atoms with Gasteiger partial charge in [0, 0.05) is 6.42 Å². The lowest BCUT2D eigenvalue weighted by Crippen LogP contribution is -2.25. The standard InChI is InChI=1S/C18H20N2O2S/c1-3-14-9-11-16(12-10-14)18-13-17(15-7-5-4-6-8-15)19-20(18)23(2,21)22/h4-12,18H,3,13H2,1-2H3. The average molecular weight is 328 g/mol. The molecule has 0 bridgehead atoms. The first-order valence-corrected chi connectivity index (χ1v) is 9.55. The lowest BCUT2D eigenvalue weighted by molar-refractivity contribution is 0.375. The molecule has 23 heavy (non-hydrogen) atoms. The number of hydrazone groups is 1. The van der Waals surface area contributed by atoms with Crippen LogP contribution in [0, 0.1) is 0 Å². The zero-order valence-electron chi connectivity index (χ0n) is 13.3. The fraction of sp³-hybridized carbons (Fsp3) is 0.278. The number of hydrogen-bond acceptors (Lipinski definition) is 3. The van der Waals surface area contributed by atoms with Crippen LogP contribution < -0.4 is 0 Å². The molecule has 0 spiro atoms. The third kappa shape index (κ3) is 3.29. The van der Waals surface area contributed by atoms with Crippen LogP contribution in [0.2, 0.25) is 0 Å². The summed E-state index contributed by atoms with van der Waals surface area (Å²) in [6.07, 6.45) is 2.76. The van der Waals surface area contributed by atoms with Crippen molar-refractivity contribution >= 4 is 15.7 Å². The first-order chi connectivity index (χ1) is 11.0. The summed E-state index contributed by atoms with van der Waals surface area (Å²) in [6, 6.07) is 17.6. The van der Waals surface area contributed by atoms with Crippen LogP contribution in [0.15, 0.2) is 59.7 Å². The zero-order valence-corrected chi connectivity index (χ0v) is 14.1. The minimum Gasteiger partial charge on any atom is -0.205 e. The predicted molar refractivity (Wildman–Crippen MR) is 92.8 cm³/mol. The van der Waals surface area contributed by atoms with Crippen LogP contribution in [-0.2, 0) is 16.4 Å². The Kier molecular flexibility index (Phi) is 4.22. The molecule has 120 valence electrons. The van der Waals surface area contributed by atoms with E-state index in [-0.39, 0.29) is 6.04 Å². The van der Waals surface area contributed by atoms with Gasteiger partial charge >= 0.3 is 0 Å². The van der Waals surface area contributed by atoms with E-state index < -0.39 is 10.0 Å². The van der Waals surface area contributed by atoms with Gasteiger partial charge in [-0.2, -0.15) is 9.52 Å². The second kappa shape index (κ2) is 6.16. The molecule has 0 saturated heterocycles. The third-order valence-corrected chi connectivity index (χ3v) is 5.11. The van der Waals surface area contributed by atoms with E-state index in [4.69, 9.17) is 0 Å². The van der Waals surface area contributed by atoms with Gasteiger partial charge in [-0.15, -0.1) is 0 Å². The molecule has 1 unspecified atom stereocenters. The van der Waals surface area contributed by atoms with E-state index in [1.165, 1.54) is 16.2 Å². The van der Waals surface area contributed by atoms with Crippen LogP contribution in [0.25, 0.3) is 0 Å². The maximum atomic E-state index is 12.1.